The maximum absolute atomic E-state index is 10.9. The molecule has 3 N–H and O–H groups in total. The third kappa shape index (κ3) is 6.23. The lowest BCUT2D eigenvalue weighted by Crippen LogP contribution is -2.34. The molecule has 0 aliphatic carbocycles. The molecule has 0 aliphatic rings. The second-order valence-electron chi connectivity index (χ2n) is 3.43. The first-order chi connectivity index (χ1) is 6.61. The summed E-state index contributed by atoms with van der Waals surface area (Å²) in [5.41, 5.74) is 2.14. The van der Waals surface area contributed by atoms with Crippen LogP contribution in [0.3, 0.4) is 0 Å². The van der Waals surface area contributed by atoms with Crippen LogP contribution < -0.4 is 11.3 Å². The molecule has 0 heterocycles. The van der Waals surface area contributed by atoms with Crippen molar-refractivity contribution in [2.75, 3.05) is 25.6 Å². The Morgan fingerprint density at radius 3 is 2.79 bits per heavy atom. The Labute approximate surface area is 90.6 Å². The Bertz CT molecular complexity index is 166. The Morgan fingerprint density at radius 1 is 1.64 bits per heavy atom. The first kappa shape index (κ1) is 13.7. The highest BCUT2D eigenvalue weighted by Crippen LogP contribution is 2.05. The van der Waals surface area contributed by atoms with Crippen LogP contribution in [0.1, 0.15) is 19.8 Å². The third-order valence-electron chi connectivity index (χ3n) is 2.35. The number of hydrogen-bond donors (Lipinski definition) is 2. The van der Waals surface area contributed by atoms with Crippen LogP contribution in [0.2, 0.25) is 0 Å². The number of thioether (sulfide) groups is 1. The molecule has 5 heteroatoms. The van der Waals surface area contributed by atoms with E-state index in [4.69, 9.17) is 5.84 Å². The van der Waals surface area contributed by atoms with Crippen LogP contribution in [0.25, 0.3) is 0 Å². The van der Waals surface area contributed by atoms with Gasteiger partial charge >= 0.3 is 0 Å². The average molecular weight is 219 g/mol. The summed E-state index contributed by atoms with van der Waals surface area (Å²) in [4.78, 5) is 13.2. The van der Waals surface area contributed by atoms with Crippen molar-refractivity contribution in [1.29, 1.82) is 0 Å². The van der Waals surface area contributed by atoms with E-state index in [0.29, 0.717) is 12.5 Å². The van der Waals surface area contributed by atoms with E-state index in [1.54, 1.807) is 0 Å². The molecule has 0 aromatic heterocycles. The average Bonchev–Trinajstić information content (AvgIpc) is 2.21. The molecule has 0 aromatic rings. The van der Waals surface area contributed by atoms with E-state index >= 15 is 0 Å². The van der Waals surface area contributed by atoms with Gasteiger partial charge in [0.25, 0.3) is 0 Å². The summed E-state index contributed by atoms with van der Waals surface area (Å²) in [6.07, 6.45) is 3.45. The highest BCUT2D eigenvalue weighted by Gasteiger charge is 2.10. The first-order valence-corrected chi connectivity index (χ1v) is 6.19. The van der Waals surface area contributed by atoms with E-state index in [1.165, 1.54) is 0 Å². The minimum atomic E-state index is -0.0879. The molecule has 84 valence electrons. The maximum atomic E-state index is 10.9. The van der Waals surface area contributed by atoms with E-state index in [1.807, 2.05) is 11.8 Å². The number of hydrazine groups is 1. The van der Waals surface area contributed by atoms with Crippen molar-refractivity contribution in [3.8, 4) is 0 Å². The van der Waals surface area contributed by atoms with E-state index in [0.717, 1.165) is 18.7 Å². The predicted molar refractivity (Wildman–Crippen MR) is 62.0 cm³/mol. The minimum absolute atomic E-state index is 0.0879. The standard InChI is InChI=1S/C9H21N3OS/c1-8(4-5-9(13)11-10)12(2)6-7-14-3/h8H,4-7,10H2,1-3H3,(H,11,13). The van der Waals surface area contributed by atoms with Gasteiger partial charge in [0.1, 0.15) is 0 Å². The van der Waals surface area contributed by atoms with Crippen molar-refractivity contribution in [2.24, 2.45) is 5.84 Å². The van der Waals surface area contributed by atoms with Gasteiger partial charge in [-0.05, 0) is 26.6 Å². The molecule has 0 saturated heterocycles. The number of carbonyl (C=O) groups excluding carboxylic acids is 1. The van der Waals surface area contributed by atoms with Crippen LogP contribution in [0.15, 0.2) is 0 Å². The zero-order valence-corrected chi connectivity index (χ0v) is 10.1. The quantitative estimate of drug-likeness (QED) is 0.370. The lowest BCUT2D eigenvalue weighted by atomic mass is 10.1. The van der Waals surface area contributed by atoms with Crippen molar-refractivity contribution in [3.63, 3.8) is 0 Å². The molecule has 0 fully saturated rings. The minimum Gasteiger partial charge on any atom is -0.303 e. The van der Waals surface area contributed by atoms with Gasteiger partial charge in [-0.3, -0.25) is 10.2 Å². The molecule has 0 radical (unpaired) electrons. The predicted octanol–water partition coefficient (Wildman–Crippen LogP) is 0.440. The van der Waals surface area contributed by atoms with Crippen LogP contribution in [0, 0.1) is 0 Å². The second-order valence-corrected chi connectivity index (χ2v) is 4.41. The van der Waals surface area contributed by atoms with Gasteiger partial charge in [0.05, 0.1) is 0 Å². The Hall–Kier alpha value is -0.260. The molecule has 0 aromatic carbocycles. The SMILES string of the molecule is CSCCN(C)C(C)CCC(=O)NN. The van der Waals surface area contributed by atoms with Crippen molar-refractivity contribution in [2.45, 2.75) is 25.8 Å². The highest BCUT2D eigenvalue weighted by atomic mass is 32.2. The van der Waals surface area contributed by atoms with Gasteiger partial charge in [-0.2, -0.15) is 11.8 Å². The van der Waals surface area contributed by atoms with Gasteiger partial charge in [0.15, 0.2) is 0 Å². The van der Waals surface area contributed by atoms with Gasteiger partial charge in [-0.25, -0.2) is 5.84 Å². The van der Waals surface area contributed by atoms with Gasteiger partial charge in [-0.1, -0.05) is 0 Å². The van der Waals surface area contributed by atoms with E-state index in [-0.39, 0.29) is 5.91 Å². The number of nitrogens with two attached hydrogens (primary N) is 1. The molecule has 0 saturated carbocycles. The summed E-state index contributed by atoms with van der Waals surface area (Å²) in [5.74, 6) is 6.04. The molecule has 0 aliphatic heterocycles. The van der Waals surface area contributed by atoms with E-state index < -0.39 is 0 Å². The summed E-state index contributed by atoms with van der Waals surface area (Å²) in [6.45, 7) is 3.19. The summed E-state index contributed by atoms with van der Waals surface area (Å²) >= 11 is 1.84. The lowest BCUT2D eigenvalue weighted by Gasteiger charge is -2.23. The molecule has 0 spiro atoms. The number of rotatable bonds is 7. The fraction of sp³-hybridized carbons (Fsp3) is 0.889. The monoisotopic (exact) mass is 219 g/mol. The fourth-order valence-electron chi connectivity index (χ4n) is 1.09. The highest BCUT2D eigenvalue weighted by molar-refractivity contribution is 7.98. The maximum Gasteiger partial charge on any atom is 0.233 e. The normalized spacial score (nSPS) is 12.9. The molecule has 1 atom stereocenters. The second kappa shape index (κ2) is 8.08. The lowest BCUT2D eigenvalue weighted by molar-refractivity contribution is -0.121. The summed E-state index contributed by atoms with van der Waals surface area (Å²) in [5, 5.41) is 0. The van der Waals surface area contributed by atoms with Crippen molar-refractivity contribution >= 4 is 17.7 Å². The number of hydrogen-bond acceptors (Lipinski definition) is 4. The number of carbonyl (C=O) groups is 1. The van der Waals surface area contributed by atoms with E-state index in [9.17, 15) is 4.79 Å². The van der Waals surface area contributed by atoms with Gasteiger partial charge in [-0.15, -0.1) is 0 Å². The Morgan fingerprint density at radius 2 is 2.29 bits per heavy atom. The van der Waals surface area contributed by atoms with Crippen LogP contribution in [-0.4, -0.2) is 42.4 Å². The molecule has 0 bridgehead atoms. The topological polar surface area (TPSA) is 58.4 Å². The summed E-state index contributed by atoms with van der Waals surface area (Å²) in [7, 11) is 2.08. The van der Waals surface area contributed by atoms with Gasteiger partial charge < -0.3 is 4.90 Å². The molecular weight excluding hydrogens is 198 g/mol. The number of amides is 1. The van der Waals surface area contributed by atoms with Crippen molar-refractivity contribution < 1.29 is 4.79 Å². The molecule has 14 heavy (non-hydrogen) atoms. The number of nitrogens with zero attached hydrogens (tertiary/aromatic N) is 1. The van der Waals surface area contributed by atoms with E-state index in [2.05, 4.69) is 30.6 Å². The smallest absolute Gasteiger partial charge is 0.233 e. The van der Waals surface area contributed by atoms with Gasteiger partial charge in [0, 0.05) is 24.8 Å². The third-order valence-corrected chi connectivity index (χ3v) is 2.94. The van der Waals surface area contributed by atoms with Crippen molar-refractivity contribution in [1.82, 2.24) is 10.3 Å². The zero-order chi connectivity index (χ0) is 11.0. The first-order valence-electron chi connectivity index (χ1n) is 4.80. The zero-order valence-electron chi connectivity index (χ0n) is 9.25. The van der Waals surface area contributed by atoms with Crippen LogP contribution in [0.5, 0.6) is 0 Å². The van der Waals surface area contributed by atoms with Crippen LogP contribution in [0.4, 0.5) is 0 Å². The number of nitrogens with one attached hydrogen (secondary N) is 1. The van der Waals surface area contributed by atoms with Crippen LogP contribution in [-0.2, 0) is 4.79 Å². The fourth-order valence-corrected chi connectivity index (χ4v) is 1.56. The molecule has 0 rings (SSSR count). The Kier molecular flexibility index (Phi) is 7.93. The van der Waals surface area contributed by atoms with Crippen LogP contribution >= 0.6 is 11.8 Å². The van der Waals surface area contributed by atoms with Gasteiger partial charge in [0.2, 0.25) is 5.91 Å². The Balaban J connectivity index is 3.60. The molecule has 4 nitrogen and oxygen atoms in total. The molecular formula is C9H21N3OS. The molecule has 1 unspecified atom stereocenters. The largest absolute Gasteiger partial charge is 0.303 e. The summed E-state index contributed by atoms with van der Waals surface area (Å²) < 4.78 is 0. The molecule has 1 amide bonds. The summed E-state index contributed by atoms with van der Waals surface area (Å²) in [6, 6.07) is 0.430. The van der Waals surface area contributed by atoms with Crippen molar-refractivity contribution in [3.05, 3.63) is 0 Å².